The number of nitrogens with one attached hydrogen (secondary N) is 1. The van der Waals surface area contributed by atoms with Gasteiger partial charge in [-0.3, -0.25) is 5.10 Å². The van der Waals surface area contributed by atoms with E-state index < -0.39 is 0 Å². The molecule has 18 heavy (non-hydrogen) atoms. The maximum atomic E-state index is 6.17. The number of fused-ring (bicyclic) bond motifs is 1. The van der Waals surface area contributed by atoms with E-state index in [0.29, 0.717) is 21.4 Å². The van der Waals surface area contributed by atoms with Gasteiger partial charge in [0.25, 0.3) is 0 Å². The van der Waals surface area contributed by atoms with Crippen molar-refractivity contribution in [3.05, 3.63) is 34.4 Å². The zero-order valence-corrected chi connectivity index (χ0v) is 10.5. The number of benzene rings is 1. The maximum Gasteiger partial charge on any atom is 0.222 e. The Balaban J connectivity index is 2.33. The highest BCUT2D eigenvalue weighted by Crippen LogP contribution is 2.32. The molecule has 0 saturated carbocycles. The van der Waals surface area contributed by atoms with Crippen LogP contribution in [0.4, 0.5) is 5.95 Å². The molecule has 0 aliphatic heterocycles. The van der Waals surface area contributed by atoms with Gasteiger partial charge in [-0.15, -0.1) is 0 Å². The van der Waals surface area contributed by atoms with Gasteiger partial charge in [-0.05, 0) is 18.2 Å². The number of hydrogen-bond donors (Lipinski definition) is 2. The molecular weight excluding hydrogens is 273 g/mol. The minimum absolute atomic E-state index is 0.160. The smallest absolute Gasteiger partial charge is 0.222 e. The molecule has 0 amide bonds. The van der Waals surface area contributed by atoms with Gasteiger partial charge >= 0.3 is 0 Å². The minimum atomic E-state index is 0.160. The monoisotopic (exact) mass is 279 g/mol. The zero-order chi connectivity index (χ0) is 12.7. The van der Waals surface area contributed by atoms with Gasteiger partial charge in [0.15, 0.2) is 5.65 Å². The molecule has 0 unspecified atom stereocenters. The third kappa shape index (κ3) is 1.77. The quantitative estimate of drug-likeness (QED) is 0.718. The second-order valence-electron chi connectivity index (χ2n) is 3.69. The number of aromatic amines is 1. The third-order valence-corrected chi connectivity index (χ3v) is 3.06. The van der Waals surface area contributed by atoms with Gasteiger partial charge in [0.05, 0.1) is 22.3 Å². The summed E-state index contributed by atoms with van der Waals surface area (Å²) in [5.74, 6) is 0.160. The predicted molar refractivity (Wildman–Crippen MR) is 71.6 cm³/mol. The highest BCUT2D eigenvalue weighted by atomic mass is 35.5. The first kappa shape index (κ1) is 11.3. The van der Waals surface area contributed by atoms with Crippen LogP contribution in [-0.4, -0.2) is 20.2 Å². The topological polar surface area (TPSA) is 80.5 Å². The Morgan fingerprint density at radius 2 is 2.00 bits per heavy atom. The Hall–Kier alpha value is -1.85. The molecule has 0 aliphatic carbocycles. The first-order chi connectivity index (χ1) is 8.65. The summed E-state index contributed by atoms with van der Waals surface area (Å²) in [5.41, 5.74) is 7.60. The van der Waals surface area contributed by atoms with Crippen molar-refractivity contribution >= 4 is 40.2 Å². The van der Waals surface area contributed by atoms with E-state index in [1.807, 2.05) is 0 Å². The summed E-state index contributed by atoms with van der Waals surface area (Å²) in [7, 11) is 0. The van der Waals surface area contributed by atoms with Crippen LogP contribution in [0.15, 0.2) is 24.4 Å². The Morgan fingerprint density at radius 1 is 1.17 bits per heavy atom. The van der Waals surface area contributed by atoms with Gasteiger partial charge in [-0.2, -0.15) is 10.1 Å². The van der Waals surface area contributed by atoms with Crippen molar-refractivity contribution in [2.24, 2.45) is 0 Å². The summed E-state index contributed by atoms with van der Waals surface area (Å²) in [6.07, 6.45) is 1.63. The van der Waals surface area contributed by atoms with E-state index in [1.54, 1.807) is 24.4 Å². The van der Waals surface area contributed by atoms with Crippen LogP contribution in [0.1, 0.15) is 0 Å². The molecule has 1 aromatic carbocycles. The van der Waals surface area contributed by atoms with E-state index in [-0.39, 0.29) is 5.95 Å². The molecule has 0 aliphatic rings. The fraction of sp³-hybridized carbons (Fsp3) is 0. The number of nitrogens with two attached hydrogens (primary N) is 1. The average molecular weight is 280 g/mol. The van der Waals surface area contributed by atoms with Crippen LogP contribution in [0.3, 0.4) is 0 Å². The van der Waals surface area contributed by atoms with Crippen molar-refractivity contribution in [1.29, 1.82) is 0 Å². The van der Waals surface area contributed by atoms with Gasteiger partial charge in [-0.1, -0.05) is 23.2 Å². The standard InChI is InChI=1S/C11H7Cl2N5/c12-5-1-2-6(8(13)3-5)9-7-4-15-18-10(7)17-11(14)16-9/h1-4H,(H3,14,15,16,17,18). The van der Waals surface area contributed by atoms with Crippen molar-refractivity contribution in [1.82, 2.24) is 20.2 Å². The van der Waals surface area contributed by atoms with Crippen molar-refractivity contribution in [3.8, 4) is 11.3 Å². The molecular formula is C11H7Cl2N5. The van der Waals surface area contributed by atoms with Crippen LogP contribution < -0.4 is 5.73 Å². The first-order valence-corrected chi connectivity index (χ1v) is 5.83. The molecule has 2 aromatic heterocycles. The minimum Gasteiger partial charge on any atom is -0.368 e. The second-order valence-corrected chi connectivity index (χ2v) is 4.53. The van der Waals surface area contributed by atoms with Crippen LogP contribution >= 0.6 is 23.2 Å². The lowest BCUT2D eigenvalue weighted by Gasteiger charge is -2.05. The predicted octanol–water partition coefficient (Wildman–Crippen LogP) is 2.91. The van der Waals surface area contributed by atoms with E-state index in [1.165, 1.54) is 0 Å². The van der Waals surface area contributed by atoms with Gasteiger partial charge < -0.3 is 5.73 Å². The normalized spacial score (nSPS) is 11.0. The Kier molecular flexibility index (Phi) is 2.57. The Labute approximate surface area is 112 Å². The number of H-pyrrole nitrogens is 1. The largest absolute Gasteiger partial charge is 0.368 e. The fourth-order valence-corrected chi connectivity index (χ4v) is 2.24. The van der Waals surface area contributed by atoms with Crippen LogP contribution in [0.2, 0.25) is 10.0 Å². The Bertz CT molecular complexity index is 737. The number of nitrogens with zero attached hydrogens (tertiary/aromatic N) is 3. The van der Waals surface area contributed by atoms with E-state index in [2.05, 4.69) is 20.2 Å². The number of nitrogen functional groups attached to an aromatic ring is 1. The van der Waals surface area contributed by atoms with Gasteiger partial charge in [0.1, 0.15) is 0 Å². The van der Waals surface area contributed by atoms with E-state index in [9.17, 15) is 0 Å². The maximum absolute atomic E-state index is 6.17. The number of aromatic nitrogens is 4. The van der Waals surface area contributed by atoms with Crippen LogP contribution in [0, 0.1) is 0 Å². The summed E-state index contributed by atoms with van der Waals surface area (Å²) in [5, 5.41) is 8.50. The molecule has 0 atom stereocenters. The van der Waals surface area contributed by atoms with Crippen molar-refractivity contribution in [2.45, 2.75) is 0 Å². The Morgan fingerprint density at radius 3 is 2.78 bits per heavy atom. The molecule has 3 N–H and O–H groups in total. The highest BCUT2D eigenvalue weighted by molar-refractivity contribution is 6.36. The molecule has 0 bridgehead atoms. The lowest BCUT2D eigenvalue weighted by Crippen LogP contribution is -1.97. The molecule has 3 aromatic rings. The van der Waals surface area contributed by atoms with E-state index >= 15 is 0 Å². The van der Waals surface area contributed by atoms with Gasteiger partial charge in [0.2, 0.25) is 5.95 Å². The summed E-state index contributed by atoms with van der Waals surface area (Å²) in [6, 6.07) is 5.19. The average Bonchev–Trinajstić information content (AvgIpc) is 2.76. The third-order valence-electron chi connectivity index (χ3n) is 2.51. The SMILES string of the molecule is Nc1nc(-c2ccc(Cl)cc2Cl)c2cn[nH]c2n1. The molecule has 3 rings (SSSR count). The van der Waals surface area contributed by atoms with Crippen LogP contribution in [-0.2, 0) is 0 Å². The zero-order valence-electron chi connectivity index (χ0n) is 8.98. The molecule has 0 saturated heterocycles. The highest BCUT2D eigenvalue weighted by Gasteiger charge is 2.13. The second kappa shape index (κ2) is 4.12. The number of rotatable bonds is 1. The summed E-state index contributed by atoms with van der Waals surface area (Å²) in [4.78, 5) is 8.26. The molecule has 2 heterocycles. The molecule has 0 fully saturated rings. The van der Waals surface area contributed by atoms with Gasteiger partial charge in [-0.25, -0.2) is 4.98 Å². The fourth-order valence-electron chi connectivity index (χ4n) is 1.74. The first-order valence-electron chi connectivity index (χ1n) is 5.07. The van der Waals surface area contributed by atoms with Crippen molar-refractivity contribution in [2.75, 3.05) is 5.73 Å². The van der Waals surface area contributed by atoms with E-state index in [4.69, 9.17) is 28.9 Å². The number of halogens is 2. The summed E-state index contributed by atoms with van der Waals surface area (Å²) >= 11 is 12.0. The molecule has 0 spiro atoms. The lowest BCUT2D eigenvalue weighted by molar-refractivity contribution is 1.09. The molecule has 90 valence electrons. The molecule has 5 nitrogen and oxygen atoms in total. The van der Waals surface area contributed by atoms with Gasteiger partial charge in [0, 0.05) is 10.6 Å². The number of hydrogen-bond acceptors (Lipinski definition) is 4. The van der Waals surface area contributed by atoms with Crippen LogP contribution in [0.25, 0.3) is 22.3 Å². The molecule has 7 heteroatoms. The molecule has 0 radical (unpaired) electrons. The van der Waals surface area contributed by atoms with Crippen molar-refractivity contribution < 1.29 is 0 Å². The van der Waals surface area contributed by atoms with Crippen molar-refractivity contribution in [3.63, 3.8) is 0 Å². The van der Waals surface area contributed by atoms with E-state index in [0.717, 1.165) is 10.9 Å². The summed E-state index contributed by atoms with van der Waals surface area (Å²) in [6.45, 7) is 0. The summed E-state index contributed by atoms with van der Waals surface area (Å²) < 4.78 is 0. The lowest BCUT2D eigenvalue weighted by atomic mass is 10.1. The number of anilines is 1. The van der Waals surface area contributed by atoms with Crippen LogP contribution in [0.5, 0.6) is 0 Å².